The van der Waals surface area contributed by atoms with Gasteiger partial charge in [0.1, 0.15) is 5.75 Å². The van der Waals surface area contributed by atoms with Gasteiger partial charge in [-0.05, 0) is 12.1 Å². The van der Waals surface area contributed by atoms with Crippen molar-refractivity contribution in [1.82, 2.24) is 4.31 Å². The van der Waals surface area contributed by atoms with Crippen LogP contribution in [0.1, 0.15) is 38.5 Å². The fourth-order valence-corrected chi connectivity index (χ4v) is 3.67. The molecule has 26 heavy (non-hydrogen) atoms. The van der Waals surface area contributed by atoms with E-state index in [1.54, 1.807) is 12.1 Å². The molecule has 0 atom stereocenters. The summed E-state index contributed by atoms with van der Waals surface area (Å²) in [4.78, 5) is 0.154. The largest absolute Gasteiger partial charge is 1.00 e. The maximum Gasteiger partial charge on any atom is 1.00 e. The molecule has 1 aromatic rings. The Labute approximate surface area is 171 Å². The van der Waals surface area contributed by atoms with Crippen LogP contribution in [-0.4, -0.2) is 44.1 Å². The molecule has 2 rings (SSSR count). The molecule has 0 unspecified atom stereocenters. The number of rotatable bonds is 8. The Morgan fingerprint density at radius 2 is 1.81 bits per heavy atom. The van der Waals surface area contributed by atoms with E-state index in [-0.39, 0.29) is 43.5 Å². The molecule has 0 radical (unpaired) electrons. The van der Waals surface area contributed by atoms with Crippen LogP contribution in [0.15, 0.2) is 29.2 Å². The van der Waals surface area contributed by atoms with Crippen molar-refractivity contribution in [2.75, 3.05) is 26.3 Å². The quantitative estimate of drug-likeness (QED) is 0.402. The Bertz CT molecular complexity index is 561. The van der Waals surface area contributed by atoms with Crippen molar-refractivity contribution in [2.45, 2.75) is 43.4 Å². The second-order valence-electron chi connectivity index (χ2n) is 5.73. The Morgan fingerprint density at radius 1 is 1.15 bits per heavy atom. The average Bonchev–Trinajstić information content (AvgIpc) is 2.65. The number of benzene rings is 1. The van der Waals surface area contributed by atoms with Gasteiger partial charge in [-0.25, -0.2) is 8.42 Å². The van der Waals surface area contributed by atoms with Crippen molar-refractivity contribution < 1.29 is 37.1 Å². The monoisotopic (exact) mass is 375 g/mol. The minimum Gasteiger partial charge on any atom is -0.493 e. The fraction of sp³-hybridized carbons (Fsp3) is 0.526. The van der Waals surface area contributed by atoms with Crippen molar-refractivity contribution in [1.29, 1.82) is 0 Å². The average molecular weight is 375 g/mol. The Morgan fingerprint density at radius 3 is 2.27 bits per heavy atom. The first-order valence-corrected chi connectivity index (χ1v) is 10.2. The second-order valence-corrected chi connectivity index (χ2v) is 7.67. The number of sulfonamides is 1. The van der Waals surface area contributed by atoms with Crippen LogP contribution in [0, 0.1) is 20.3 Å². The third kappa shape index (κ3) is 8.92. The van der Waals surface area contributed by atoms with E-state index in [4.69, 9.17) is 9.84 Å². The van der Waals surface area contributed by atoms with Crippen molar-refractivity contribution in [3.63, 3.8) is 0 Å². The summed E-state index contributed by atoms with van der Waals surface area (Å²) in [6, 6.07) is 6.26. The molecule has 5 nitrogen and oxygen atoms in total. The molecule has 0 saturated heterocycles. The van der Waals surface area contributed by atoms with Crippen molar-refractivity contribution in [3.05, 3.63) is 44.5 Å². The Hall–Kier alpha value is -0.513. The van der Waals surface area contributed by atoms with E-state index in [9.17, 15) is 8.42 Å². The number of ether oxygens (including phenoxy) is 1. The molecule has 144 valence electrons. The summed E-state index contributed by atoms with van der Waals surface area (Å²) in [5.41, 5.74) is 0. The Kier molecular flexibility index (Phi) is 14.2. The first-order valence-electron chi connectivity index (χ1n) is 8.80. The standard InChI is InChI=1S/C13H19NO4S.C6H11.Li/c1-3-14(4-2)19(16,17)13-8-5-7-12(11-13)18-10-6-9-15;1-2-4-6-5-3-1;/h5,7-8,11,15H,1-4,6,9-10H2;1H,2-6H2;/q-2;-1;+1. The van der Waals surface area contributed by atoms with Gasteiger partial charge in [0, 0.05) is 19.1 Å². The first-order chi connectivity index (χ1) is 12.1. The molecular weight excluding hydrogens is 345 g/mol. The molecular formula is C19H30LiNO4S-2. The molecule has 0 heterocycles. The maximum absolute atomic E-state index is 12.2. The van der Waals surface area contributed by atoms with Crippen LogP contribution >= 0.6 is 0 Å². The summed E-state index contributed by atoms with van der Waals surface area (Å²) < 4.78 is 31.0. The second kappa shape index (κ2) is 14.5. The van der Waals surface area contributed by atoms with E-state index in [2.05, 4.69) is 20.3 Å². The van der Waals surface area contributed by atoms with Gasteiger partial charge in [-0.3, -0.25) is 4.31 Å². The molecule has 0 bridgehead atoms. The predicted molar refractivity (Wildman–Crippen MR) is 100 cm³/mol. The number of nitrogens with zero attached hydrogens (tertiary/aromatic N) is 1. The number of hydrogen-bond donors (Lipinski definition) is 1. The summed E-state index contributed by atoms with van der Waals surface area (Å²) in [5.74, 6) is 0.461. The molecule has 0 amide bonds. The Balaban J connectivity index is 0.000000754. The van der Waals surface area contributed by atoms with Gasteiger partial charge in [0.15, 0.2) is 0 Å². The maximum atomic E-state index is 12.2. The van der Waals surface area contributed by atoms with E-state index in [0.29, 0.717) is 18.8 Å². The zero-order valence-corrected chi connectivity index (χ0v) is 16.7. The van der Waals surface area contributed by atoms with Crippen molar-refractivity contribution in [2.24, 2.45) is 0 Å². The molecule has 1 saturated carbocycles. The van der Waals surface area contributed by atoms with Crippen molar-refractivity contribution in [3.8, 4) is 5.75 Å². The molecule has 1 N–H and O–H groups in total. The summed E-state index contributed by atoms with van der Waals surface area (Å²) in [5, 5.41) is 8.67. The van der Waals surface area contributed by atoms with E-state index in [0.717, 1.165) is 0 Å². The zero-order chi connectivity index (χ0) is 18.5. The molecule has 1 fully saturated rings. The van der Waals surface area contributed by atoms with E-state index < -0.39 is 10.0 Å². The van der Waals surface area contributed by atoms with Gasteiger partial charge in [0.25, 0.3) is 0 Å². The van der Waals surface area contributed by atoms with Crippen LogP contribution in [0.4, 0.5) is 0 Å². The third-order valence-corrected chi connectivity index (χ3v) is 5.72. The summed E-state index contributed by atoms with van der Waals surface area (Å²) >= 11 is 0. The molecule has 1 aliphatic carbocycles. The minimum absolute atomic E-state index is 0. The third-order valence-electron chi connectivity index (χ3n) is 3.83. The number of aliphatic hydroxyl groups excluding tert-OH is 1. The first kappa shape index (κ1) is 25.5. The van der Waals surface area contributed by atoms with Gasteiger partial charge >= 0.3 is 18.9 Å². The number of hydrogen-bond acceptors (Lipinski definition) is 4. The minimum atomic E-state index is -3.58. The van der Waals surface area contributed by atoms with Gasteiger partial charge < -0.3 is 30.1 Å². The SMILES string of the molecule is [CH-]1CCCCC1.[CH2-]CN(C[CH2-])S(=O)(=O)c1cccc(OCCCO)c1.[Li+]. The van der Waals surface area contributed by atoms with Gasteiger partial charge in [-0.2, -0.15) is 12.8 Å². The molecule has 1 aromatic carbocycles. The predicted octanol–water partition coefficient (Wildman–Crippen LogP) is 0.265. The fourth-order valence-electron chi connectivity index (χ4n) is 2.38. The molecule has 0 aliphatic heterocycles. The van der Waals surface area contributed by atoms with Gasteiger partial charge in [-0.15, -0.1) is 13.1 Å². The smallest absolute Gasteiger partial charge is 0.493 e. The van der Waals surface area contributed by atoms with Crippen LogP contribution in [0.3, 0.4) is 0 Å². The molecule has 0 aromatic heterocycles. The molecule has 0 spiro atoms. The van der Waals surface area contributed by atoms with E-state index in [1.165, 1.54) is 48.5 Å². The zero-order valence-electron chi connectivity index (χ0n) is 15.9. The summed E-state index contributed by atoms with van der Waals surface area (Å²) in [6.45, 7) is 7.79. The van der Waals surface area contributed by atoms with Crippen LogP contribution in [0.2, 0.25) is 0 Å². The summed E-state index contributed by atoms with van der Waals surface area (Å²) in [7, 11) is -3.58. The van der Waals surface area contributed by atoms with Gasteiger partial charge in [0.05, 0.1) is 11.5 Å². The molecule has 7 heteroatoms. The van der Waals surface area contributed by atoms with Crippen LogP contribution in [-0.2, 0) is 10.0 Å². The van der Waals surface area contributed by atoms with Gasteiger partial charge in [0.2, 0.25) is 10.0 Å². The topological polar surface area (TPSA) is 66.8 Å². The van der Waals surface area contributed by atoms with Crippen LogP contribution < -0.4 is 23.6 Å². The van der Waals surface area contributed by atoms with E-state index in [1.807, 2.05) is 0 Å². The molecule has 1 aliphatic rings. The van der Waals surface area contributed by atoms with Crippen molar-refractivity contribution >= 4 is 10.0 Å². The summed E-state index contributed by atoms with van der Waals surface area (Å²) in [6.07, 6.45) is 10.0. The van der Waals surface area contributed by atoms with Crippen LogP contribution in [0.25, 0.3) is 0 Å². The van der Waals surface area contributed by atoms with Gasteiger partial charge in [-0.1, -0.05) is 25.3 Å². The number of aliphatic hydroxyl groups is 1. The van der Waals surface area contributed by atoms with Crippen LogP contribution in [0.5, 0.6) is 5.75 Å². The van der Waals surface area contributed by atoms with E-state index >= 15 is 0 Å². The normalized spacial score (nSPS) is 14.2.